The van der Waals surface area contributed by atoms with Gasteiger partial charge in [-0.3, -0.25) is 4.99 Å². The number of hydrogen-bond donors (Lipinski definition) is 1. The van der Waals surface area contributed by atoms with Crippen LogP contribution in [-0.4, -0.2) is 74.9 Å². The molecule has 1 unspecified atom stereocenters. The SMILES string of the molecule is CN=C(NCc1ccnc(N2CCOC(C)C2)c1)N1CCN(c2ccccc2F)CC1. The molecule has 3 heterocycles. The molecule has 0 radical (unpaired) electrons. The topological polar surface area (TPSA) is 56.2 Å². The number of nitrogens with one attached hydrogen (secondary N) is 1. The zero-order valence-corrected chi connectivity index (χ0v) is 18.3. The van der Waals surface area contributed by atoms with Crippen LogP contribution in [0.4, 0.5) is 15.9 Å². The van der Waals surface area contributed by atoms with E-state index in [1.807, 2.05) is 24.4 Å². The van der Waals surface area contributed by atoms with Crippen LogP contribution in [0.5, 0.6) is 0 Å². The lowest BCUT2D eigenvalue weighted by Crippen LogP contribution is -2.52. The third-order valence-electron chi connectivity index (χ3n) is 5.81. The Bertz CT molecular complexity index is 899. The van der Waals surface area contributed by atoms with Gasteiger partial charge in [-0.25, -0.2) is 9.37 Å². The van der Waals surface area contributed by atoms with Gasteiger partial charge in [0.1, 0.15) is 11.6 Å². The molecule has 1 N–H and O–H groups in total. The lowest BCUT2D eigenvalue weighted by atomic mass is 10.2. The molecule has 2 fully saturated rings. The summed E-state index contributed by atoms with van der Waals surface area (Å²) in [7, 11) is 1.80. The van der Waals surface area contributed by atoms with Crippen LogP contribution >= 0.6 is 0 Å². The first-order valence-electron chi connectivity index (χ1n) is 10.9. The van der Waals surface area contributed by atoms with E-state index in [-0.39, 0.29) is 11.9 Å². The van der Waals surface area contributed by atoms with Crippen molar-refractivity contribution in [3.63, 3.8) is 0 Å². The van der Waals surface area contributed by atoms with Gasteiger partial charge in [0.15, 0.2) is 5.96 Å². The summed E-state index contributed by atoms with van der Waals surface area (Å²) in [4.78, 5) is 15.6. The van der Waals surface area contributed by atoms with E-state index in [0.717, 1.165) is 63.2 Å². The molecule has 0 spiro atoms. The molecule has 1 atom stereocenters. The van der Waals surface area contributed by atoms with Gasteiger partial charge in [-0.05, 0) is 36.8 Å². The van der Waals surface area contributed by atoms with Crippen molar-refractivity contribution in [2.75, 3.05) is 62.7 Å². The van der Waals surface area contributed by atoms with Crippen LogP contribution in [0.25, 0.3) is 0 Å². The Morgan fingerprint density at radius 3 is 2.71 bits per heavy atom. The van der Waals surface area contributed by atoms with Gasteiger partial charge in [0.25, 0.3) is 0 Å². The van der Waals surface area contributed by atoms with Crippen molar-refractivity contribution in [2.45, 2.75) is 19.6 Å². The highest BCUT2D eigenvalue weighted by molar-refractivity contribution is 5.80. The summed E-state index contributed by atoms with van der Waals surface area (Å²) in [5.41, 5.74) is 1.84. The fraction of sp³-hybridized carbons (Fsp3) is 0.478. The molecule has 0 bridgehead atoms. The van der Waals surface area contributed by atoms with E-state index in [1.54, 1.807) is 13.1 Å². The first kappa shape index (κ1) is 21.4. The average Bonchev–Trinajstić information content (AvgIpc) is 2.80. The van der Waals surface area contributed by atoms with Crippen LogP contribution in [0.15, 0.2) is 47.6 Å². The summed E-state index contributed by atoms with van der Waals surface area (Å²) in [6, 6.07) is 11.1. The number of para-hydroxylation sites is 1. The van der Waals surface area contributed by atoms with E-state index in [9.17, 15) is 4.39 Å². The summed E-state index contributed by atoms with van der Waals surface area (Å²) < 4.78 is 19.7. The third-order valence-corrected chi connectivity index (χ3v) is 5.81. The maximum absolute atomic E-state index is 14.1. The highest BCUT2D eigenvalue weighted by Gasteiger charge is 2.22. The number of ether oxygens (including phenoxy) is 1. The second kappa shape index (κ2) is 9.96. The predicted molar refractivity (Wildman–Crippen MR) is 122 cm³/mol. The molecule has 0 amide bonds. The van der Waals surface area contributed by atoms with Crippen molar-refractivity contribution >= 4 is 17.5 Å². The summed E-state index contributed by atoms with van der Waals surface area (Å²) >= 11 is 0. The Kier molecular flexibility index (Phi) is 6.86. The highest BCUT2D eigenvalue weighted by Crippen LogP contribution is 2.20. The van der Waals surface area contributed by atoms with E-state index in [0.29, 0.717) is 12.2 Å². The lowest BCUT2D eigenvalue weighted by molar-refractivity contribution is 0.0529. The first-order chi connectivity index (χ1) is 15.1. The fourth-order valence-corrected chi connectivity index (χ4v) is 4.15. The molecule has 7 nitrogen and oxygen atoms in total. The van der Waals surface area contributed by atoms with E-state index in [4.69, 9.17) is 4.74 Å². The number of halogens is 1. The number of benzene rings is 1. The molecule has 1 aromatic heterocycles. The van der Waals surface area contributed by atoms with Crippen molar-refractivity contribution in [3.05, 3.63) is 54.0 Å². The fourth-order valence-electron chi connectivity index (χ4n) is 4.15. The van der Waals surface area contributed by atoms with Crippen molar-refractivity contribution < 1.29 is 9.13 Å². The Morgan fingerprint density at radius 1 is 1.16 bits per heavy atom. The van der Waals surface area contributed by atoms with Crippen LogP contribution in [0.1, 0.15) is 12.5 Å². The zero-order valence-electron chi connectivity index (χ0n) is 18.3. The van der Waals surface area contributed by atoms with Crippen molar-refractivity contribution in [2.24, 2.45) is 4.99 Å². The van der Waals surface area contributed by atoms with Gasteiger partial charge in [0.2, 0.25) is 0 Å². The van der Waals surface area contributed by atoms with Crippen molar-refractivity contribution in [1.82, 2.24) is 15.2 Å². The Labute approximate surface area is 183 Å². The molecule has 0 saturated carbocycles. The zero-order chi connectivity index (χ0) is 21.6. The molecule has 4 rings (SSSR count). The number of aliphatic imine (C=N–C) groups is 1. The Balaban J connectivity index is 1.32. The number of morpholine rings is 1. The maximum atomic E-state index is 14.1. The maximum Gasteiger partial charge on any atom is 0.194 e. The van der Waals surface area contributed by atoms with Crippen LogP contribution in [0.2, 0.25) is 0 Å². The summed E-state index contributed by atoms with van der Waals surface area (Å²) in [6.45, 7) is 8.33. The van der Waals surface area contributed by atoms with Gasteiger partial charge < -0.3 is 24.8 Å². The summed E-state index contributed by atoms with van der Waals surface area (Å²) in [5, 5.41) is 3.47. The predicted octanol–water partition coefficient (Wildman–Crippen LogP) is 2.34. The van der Waals surface area contributed by atoms with Gasteiger partial charge in [0, 0.05) is 59.1 Å². The molecule has 166 valence electrons. The Morgan fingerprint density at radius 2 is 1.97 bits per heavy atom. The van der Waals surface area contributed by atoms with E-state index >= 15 is 0 Å². The number of nitrogens with zero attached hydrogens (tertiary/aromatic N) is 5. The van der Waals surface area contributed by atoms with Crippen LogP contribution < -0.4 is 15.1 Å². The third kappa shape index (κ3) is 5.25. The molecule has 0 aliphatic carbocycles. The van der Waals surface area contributed by atoms with Crippen LogP contribution in [0.3, 0.4) is 0 Å². The van der Waals surface area contributed by atoms with E-state index in [2.05, 4.69) is 43.0 Å². The largest absolute Gasteiger partial charge is 0.375 e. The smallest absolute Gasteiger partial charge is 0.194 e. The summed E-state index contributed by atoms with van der Waals surface area (Å²) in [5.74, 6) is 1.69. The average molecular weight is 427 g/mol. The number of rotatable bonds is 4. The molecule has 2 aliphatic rings. The summed E-state index contributed by atoms with van der Waals surface area (Å²) in [6.07, 6.45) is 2.08. The second-order valence-corrected chi connectivity index (χ2v) is 7.98. The molecular weight excluding hydrogens is 395 g/mol. The minimum Gasteiger partial charge on any atom is -0.375 e. The minimum absolute atomic E-state index is 0.165. The number of guanidine groups is 1. The molecule has 31 heavy (non-hydrogen) atoms. The number of anilines is 2. The molecular formula is C23H31FN6O. The van der Waals surface area contributed by atoms with Gasteiger partial charge in [-0.15, -0.1) is 0 Å². The first-order valence-corrected chi connectivity index (χ1v) is 10.9. The monoisotopic (exact) mass is 426 g/mol. The van der Waals surface area contributed by atoms with Gasteiger partial charge >= 0.3 is 0 Å². The van der Waals surface area contributed by atoms with Crippen LogP contribution in [-0.2, 0) is 11.3 Å². The van der Waals surface area contributed by atoms with E-state index in [1.165, 1.54) is 6.07 Å². The van der Waals surface area contributed by atoms with Gasteiger partial charge in [0.05, 0.1) is 18.4 Å². The quantitative estimate of drug-likeness (QED) is 0.598. The number of aromatic nitrogens is 1. The molecule has 8 heteroatoms. The molecule has 2 aromatic rings. The minimum atomic E-state index is -0.165. The van der Waals surface area contributed by atoms with Gasteiger partial charge in [-0.1, -0.05) is 12.1 Å². The Hall–Kier alpha value is -2.87. The van der Waals surface area contributed by atoms with Crippen LogP contribution in [0, 0.1) is 5.82 Å². The second-order valence-electron chi connectivity index (χ2n) is 7.98. The molecule has 1 aromatic carbocycles. The standard InChI is InChI=1S/C23H31FN6O/c1-18-17-30(13-14-31-18)22-15-19(7-8-26-22)16-27-23(25-2)29-11-9-28(10-12-29)21-6-4-3-5-20(21)24/h3-8,15,18H,9-14,16-17H2,1-2H3,(H,25,27). The van der Waals surface area contributed by atoms with Crippen molar-refractivity contribution in [3.8, 4) is 0 Å². The van der Waals surface area contributed by atoms with E-state index < -0.39 is 0 Å². The number of piperazine rings is 1. The van der Waals surface area contributed by atoms with Gasteiger partial charge in [-0.2, -0.15) is 0 Å². The van der Waals surface area contributed by atoms with Crippen molar-refractivity contribution in [1.29, 1.82) is 0 Å². The number of hydrogen-bond acceptors (Lipinski definition) is 5. The molecule has 2 aliphatic heterocycles. The normalized spacial score (nSPS) is 20.2. The number of pyridine rings is 1. The lowest BCUT2D eigenvalue weighted by Gasteiger charge is -2.37. The molecule has 2 saturated heterocycles. The highest BCUT2D eigenvalue weighted by atomic mass is 19.1.